The van der Waals surface area contributed by atoms with Crippen LogP contribution in [0.25, 0.3) is 0 Å². The molecule has 13 heavy (non-hydrogen) atoms. The Morgan fingerprint density at radius 1 is 1.38 bits per heavy atom. The number of nitrogens with one attached hydrogen (secondary N) is 1. The lowest BCUT2D eigenvalue weighted by Crippen LogP contribution is -2.00. The van der Waals surface area contributed by atoms with Crippen molar-refractivity contribution in [2.45, 2.75) is 19.8 Å². The van der Waals surface area contributed by atoms with E-state index < -0.39 is 0 Å². The number of aryl methyl sites for hydroxylation is 1. The van der Waals surface area contributed by atoms with Crippen molar-refractivity contribution in [2.75, 3.05) is 0 Å². The highest BCUT2D eigenvalue weighted by molar-refractivity contribution is 5.59. The molecule has 0 fully saturated rings. The molecule has 0 heterocycles. The van der Waals surface area contributed by atoms with Crippen molar-refractivity contribution >= 4 is 12.0 Å². The summed E-state index contributed by atoms with van der Waals surface area (Å²) in [5.41, 5.74) is 4.02. The van der Waals surface area contributed by atoms with Crippen LogP contribution >= 0.6 is 0 Å². The molecule has 0 amide bonds. The van der Waals surface area contributed by atoms with Crippen LogP contribution in [0.15, 0.2) is 29.3 Å². The van der Waals surface area contributed by atoms with Crippen LogP contribution in [-0.4, -0.2) is 11.5 Å². The molecule has 0 saturated carbocycles. The average molecular weight is 178 g/mol. The number of aliphatic imine (C=N–C) groups is 1. The number of nitrogens with zero attached hydrogens (tertiary/aromatic N) is 1. The van der Waals surface area contributed by atoms with Gasteiger partial charge in [0.2, 0.25) is 0 Å². The Morgan fingerprint density at radius 2 is 2.08 bits per heavy atom. The fourth-order valence-corrected chi connectivity index (χ4v) is 1.14. The molecule has 0 spiro atoms. The van der Waals surface area contributed by atoms with Crippen LogP contribution in [0.4, 0.5) is 5.69 Å². The fourth-order valence-electron chi connectivity index (χ4n) is 1.14. The highest BCUT2D eigenvalue weighted by atomic mass is 16.5. The molecule has 70 valence electrons. The Balaban J connectivity index is 2.64. The average Bonchev–Trinajstić information content (AvgIpc) is 2.17. The predicted octanol–water partition coefficient (Wildman–Crippen LogP) is 2.28. The minimum absolute atomic E-state index is 0.835. The van der Waals surface area contributed by atoms with Gasteiger partial charge in [0.1, 0.15) is 6.34 Å². The molecule has 0 bridgehead atoms. The van der Waals surface area contributed by atoms with Crippen molar-refractivity contribution in [3.8, 4) is 0 Å². The summed E-state index contributed by atoms with van der Waals surface area (Å²) in [5.74, 6) is 0. The Labute approximate surface area is 78.1 Å². The van der Waals surface area contributed by atoms with Crippen LogP contribution in [0.3, 0.4) is 0 Å². The molecule has 0 aromatic heterocycles. The molecule has 2 N–H and O–H groups in total. The summed E-state index contributed by atoms with van der Waals surface area (Å²) in [6.45, 7) is 2.15. The normalized spacial score (nSPS) is 10.6. The SMILES string of the molecule is CCCc1ccc(N=CNO)cc1. The molecule has 0 unspecified atom stereocenters. The number of benzene rings is 1. The zero-order valence-electron chi connectivity index (χ0n) is 7.70. The number of rotatable bonds is 4. The first-order valence-electron chi connectivity index (χ1n) is 4.38. The van der Waals surface area contributed by atoms with Crippen molar-refractivity contribution in [2.24, 2.45) is 4.99 Å². The van der Waals surface area contributed by atoms with Crippen molar-refractivity contribution in [1.29, 1.82) is 0 Å². The molecule has 0 aliphatic rings. The summed E-state index contributed by atoms with van der Waals surface area (Å²) < 4.78 is 0. The summed E-state index contributed by atoms with van der Waals surface area (Å²) in [6, 6.07) is 7.96. The van der Waals surface area contributed by atoms with Crippen molar-refractivity contribution in [1.82, 2.24) is 5.48 Å². The molecule has 0 atom stereocenters. The second-order valence-electron chi connectivity index (χ2n) is 2.80. The van der Waals surface area contributed by atoms with Crippen LogP contribution in [0.5, 0.6) is 0 Å². The monoisotopic (exact) mass is 178 g/mol. The number of hydrogen-bond donors (Lipinski definition) is 2. The van der Waals surface area contributed by atoms with Gasteiger partial charge in [-0.05, 0) is 24.1 Å². The van der Waals surface area contributed by atoms with Gasteiger partial charge < -0.3 is 0 Å². The first-order valence-corrected chi connectivity index (χ1v) is 4.38. The highest BCUT2D eigenvalue weighted by Gasteiger charge is 1.90. The first-order chi connectivity index (χ1) is 6.36. The van der Waals surface area contributed by atoms with E-state index in [0.717, 1.165) is 18.5 Å². The molecule has 0 radical (unpaired) electrons. The maximum atomic E-state index is 8.27. The Bertz CT molecular complexity index is 267. The molecule has 1 aromatic rings. The van der Waals surface area contributed by atoms with Crippen molar-refractivity contribution in [3.63, 3.8) is 0 Å². The third kappa shape index (κ3) is 3.25. The minimum atomic E-state index is 0.835. The number of hydroxylamine groups is 1. The van der Waals surface area contributed by atoms with Gasteiger partial charge in [0, 0.05) is 0 Å². The lowest BCUT2D eigenvalue weighted by molar-refractivity contribution is 0.240. The molecular formula is C10H14N2O. The second kappa shape index (κ2) is 5.32. The standard InChI is InChI=1S/C10H14N2O/c1-2-3-9-4-6-10(7-5-9)11-8-12-13/h4-8,13H,2-3H2,1H3,(H,11,12). The van der Waals surface area contributed by atoms with Crippen LogP contribution in [0.1, 0.15) is 18.9 Å². The van der Waals surface area contributed by atoms with Gasteiger partial charge in [-0.25, -0.2) is 4.99 Å². The van der Waals surface area contributed by atoms with Gasteiger partial charge >= 0.3 is 0 Å². The zero-order chi connectivity index (χ0) is 9.52. The van der Waals surface area contributed by atoms with Gasteiger partial charge in [-0.2, -0.15) is 0 Å². The maximum Gasteiger partial charge on any atom is 0.113 e. The van der Waals surface area contributed by atoms with E-state index in [1.807, 2.05) is 29.7 Å². The first kappa shape index (κ1) is 9.74. The highest BCUT2D eigenvalue weighted by Crippen LogP contribution is 2.13. The van der Waals surface area contributed by atoms with E-state index in [0.29, 0.717) is 0 Å². The molecule has 1 rings (SSSR count). The van der Waals surface area contributed by atoms with E-state index in [1.54, 1.807) is 0 Å². The summed E-state index contributed by atoms with van der Waals surface area (Å²) in [6.07, 6.45) is 3.50. The van der Waals surface area contributed by atoms with Gasteiger partial charge in [0.15, 0.2) is 0 Å². The molecule has 0 saturated heterocycles. The quantitative estimate of drug-likeness (QED) is 0.422. The largest absolute Gasteiger partial charge is 0.290 e. The molecule has 0 aliphatic carbocycles. The summed E-state index contributed by atoms with van der Waals surface area (Å²) in [7, 11) is 0. The Morgan fingerprint density at radius 3 is 2.62 bits per heavy atom. The fraction of sp³-hybridized carbons (Fsp3) is 0.300. The minimum Gasteiger partial charge on any atom is -0.290 e. The molecule has 1 aromatic carbocycles. The van der Waals surface area contributed by atoms with E-state index in [4.69, 9.17) is 5.21 Å². The van der Waals surface area contributed by atoms with Gasteiger partial charge in [0.05, 0.1) is 5.69 Å². The zero-order valence-corrected chi connectivity index (χ0v) is 7.70. The van der Waals surface area contributed by atoms with Gasteiger partial charge in [-0.3, -0.25) is 10.7 Å². The van der Waals surface area contributed by atoms with E-state index in [2.05, 4.69) is 11.9 Å². The summed E-state index contributed by atoms with van der Waals surface area (Å²) in [4.78, 5) is 3.94. The third-order valence-electron chi connectivity index (χ3n) is 1.75. The summed E-state index contributed by atoms with van der Waals surface area (Å²) in [5, 5.41) is 8.27. The number of hydrogen-bond acceptors (Lipinski definition) is 2. The second-order valence-corrected chi connectivity index (χ2v) is 2.80. The molecular weight excluding hydrogens is 164 g/mol. The van der Waals surface area contributed by atoms with Gasteiger partial charge in [-0.1, -0.05) is 25.5 Å². The van der Waals surface area contributed by atoms with Crippen molar-refractivity contribution in [3.05, 3.63) is 29.8 Å². The smallest absolute Gasteiger partial charge is 0.113 e. The molecule has 3 nitrogen and oxygen atoms in total. The third-order valence-corrected chi connectivity index (χ3v) is 1.75. The van der Waals surface area contributed by atoms with Gasteiger partial charge in [-0.15, -0.1) is 0 Å². The summed E-state index contributed by atoms with van der Waals surface area (Å²) >= 11 is 0. The van der Waals surface area contributed by atoms with E-state index in [-0.39, 0.29) is 0 Å². The lowest BCUT2D eigenvalue weighted by atomic mass is 10.1. The van der Waals surface area contributed by atoms with Crippen molar-refractivity contribution < 1.29 is 5.21 Å². The Hall–Kier alpha value is -1.35. The lowest BCUT2D eigenvalue weighted by Gasteiger charge is -1.98. The Kier molecular flexibility index (Phi) is 3.99. The van der Waals surface area contributed by atoms with Crippen LogP contribution in [0.2, 0.25) is 0 Å². The maximum absolute atomic E-state index is 8.27. The predicted molar refractivity (Wildman–Crippen MR) is 53.5 cm³/mol. The van der Waals surface area contributed by atoms with Crippen LogP contribution in [-0.2, 0) is 6.42 Å². The van der Waals surface area contributed by atoms with Crippen LogP contribution in [0, 0.1) is 0 Å². The van der Waals surface area contributed by atoms with Gasteiger partial charge in [0.25, 0.3) is 0 Å². The van der Waals surface area contributed by atoms with E-state index in [1.165, 1.54) is 11.9 Å². The molecule has 3 heteroatoms. The van der Waals surface area contributed by atoms with E-state index in [9.17, 15) is 0 Å². The van der Waals surface area contributed by atoms with E-state index >= 15 is 0 Å². The van der Waals surface area contributed by atoms with Crippen LogP contribution < -0.4 is 5.48 Å². The molecule has 0 aliphatic heterocycles. The topological polar surface area (TPSA) is 44.6 Å².